The summed E-state index contributed by atoms with van der Waals surface area (Å²) in [4.78, 5) is 37.0. The Balaban J connectivity index is 1.49. The maximum atomic E-state index is 14.6. The van der Waals surface area contributed by atoms with Crippen LogP contribution in [0.4, 0.5) is 52.2 Å². The summed E-state index contributed by atoms with van der Waals surface area (Å²) >= 11 is 18.6. The van der Waals surface area contributed by atoms with Crippen LogP contribution in [-0.2, 0) is 27.0 Å². The Hall–Kier alpha value is -3.62. The number of anilines is 3. The molecule has 45 heavy (non-hydrogen) atoms. The SMILES string of the molecule is Cc1c(F)c(NC(=O)Cc2cc(NC(=O)[C@H]3[C@H](c4ccc(F)c(C(F)(F)F)c4)C3(Cl)Cl)ccc2Cl)cc(NC(=O)C(F)F)c1F. The number of carbonyl (C=O) groups excluding carboxylic acids is 3. The van der Waals surface area contributed by atoms with Gasteiger partial charge in [0.05, 0.1) is 29.3 Å². The van der Waals surface area contributed by atoms with Crippen LogP contribution in [0.2, 0.25) is 5.02 Å². The standard InChI is InChI=1S/C28H18Cl3F8N3O3/c1-10-22(33)17(9-18(23(10)34)42-26(45)24(35)36)41-19(43)8-12-6-13(3-4-15(12)29)40-25(44)21-20(27(21,30)31)11-2-5-16(32)14(7-11)28(37,38)39/h2-7,9,20-21,24H,8H2,1H3,(H,40,44)(H,41,43)(H,42,45)/t20-,21+/m0/s1. The first-order valence-corrected chi connectivity index (χ1v) is 13.7. The first-order chi connectivity index (χ1) is 20.8. The van der Waals surface area contributed by atoms with Crippen molar-refractivity contribution in [3.63, 3.8) is 0 Å². The zero-order valence-corrected chi connectivity index (χ0v) is 24.6. The van der Waals surface area contributed by atoms with E-state index < -0.39 is 92.9 Å². The Kier molecular flexibility index (Phi) is 9.62. The summed E-state index contributed by atoms with van der Waals surface area (Å²) in [5, 5.41) is 6.21. The molecular weight excluding hydrogens is 685 g/mol. The van der Waals surface area contributed by atoms with Gasteiger partial charge in [-0.2, -0.15) is 22.0 Å². The van der Waals surface area contributed by atoms with Crippen LogP contribution in [0.25, 0.3) is 0 Å². The number of halogens is 11. The number of rotatable bonds is 8. The molecule has 0 saturated heterocycles. The highest BCUT2D eigenvalue weighted by molar-refractivity contribution is 6.53. The van der Waals surface area contributed by atoms with Crippen molar-refractivity contribution in [1.82, 2.24) is 0 Å². The number of alkyl halides is 7. The van der Waals surface area contributed by atoms with E-state index in [1.807, 2.05) is 0 Å². The lowest BCUT2D eigenvalue weighted by Gasteiger charge is -2.14. The zero-order chi connectivity index (χ0) is 33.6. The molecule has 0 unspecified atom stereocenters. The van der Waals surface area contributed by atoms with Crippen molar-refractivity contribution in [2.45, 2.75) is 36.2 Å². The highest BCUT2D eigenvalue weighted by atomic mass is 35.5. The second kappa shape index (κ2) is 12.6. The summed E-state index contributed by atoms with van der Waals surface area (Å²) in [5.41, 5.74) is -3.66. The first kappa shape index (κ1) is 34.3. The van der Waals surface area contributed by atoms with E-state index in [0.29, 0.717) is 18.2 Å². The summed E-state index contributed by atoms with van der Waals surface area (Å²) in [6.45, 7) is 0.952. The molecule has 0 radical (unpaired) electrons. The minimum Gasteiger partial charge on any atom is -0.326 e. The molecule has 3 N–H and O–H groups in total. The molecule has 0 heterocycles. The van der Waals surface area contributed by atoms with Gasteiger partial charge in [0.1, 0.15) is 10.2 Å². The van der Waals surface area contributed by atoms with E-state index in [1.54, 1.807) is 5.32 Å². The fraction of sp³-hybridized carbons (Fsp3) is 0.250. The molecule has 0 aliphatic heterocycles. The summed E-state index contributed by atoms with van der Waals surface area (Å²) in [7, 11) is 0. The Morgan fingerprint density at radius 3 is 2.13 bits per heavy atom. The van der Waals surface area contributed by atoms with E-state index in [9.17, 15) is 49.5 Å². The molecule has 3 aromatic carbocycles. The molecule has 1 aliphatic carbocycles. The normalized spacial score (nSPS) is 17.2. The number of benzene rings is 3. The lowest BCUT2D eigenvalue weighted by atomic mass is 10.0. The zero-order valence-electron chi connectivity index (χ0n) is 22.4. The average Bonchev–Trinajstić information content (AvgIpc) is 3.53. The van der Waals surface area contributed by atoms with Gasteiger partial charge in [-0.05, 0) is 54.4 Å². The third kappa shape index (κ3) is 7.28. The van der Waals surface area contributed by atoms with Gasteiger partial charge in [0.25, 0.3) is 5.91 Å². The fourth-order valence-electron chi connectivity index (χ4n) is 4.54. The molecule has 4 rings (SSSR count). The molecule has 6 nitrogen and oxygen atoms in total. The van der Waals surface area contributed by atoms with Gasteiger partial charge in [0.2, 0.25) is 11.8 Å². The van der Waals surface area contributed by atoms with Crippen molar-refractivity contribution in [2.75, 3.05) is 16.0 Å². The van der Waals surface area contributed by atoms with Crippen LogP contribution in [0, 0.1) is 30.3 Å². The van der Waals surface area contributed by atoms with Crippen molar-refractivity contribution in [1.29, 1.82) is 0 Å². The van der Waals surface area contributed by atoms with Crippen molar-refractivity contribution in [3.05, 3.63) is 87.2 Å². The molecule has 1 fully saturated rings. The van der Waals surface area contributed by atoms with Crippen molar-refractivity contribution in [3.8, 4) is 0 Å². The van der Waals surface area contributed by atoms with Crippen LogP contribution < -0.4 is 16.0 Å². The maximum Gasteiger partial charge on any atom is 0.419 e. The topological polar surface area (TPSA) is 87.3 Å². The summed E-state index contributed by atoms with van der Waals surface area (Å²) < 4.78 is 106. The second-order valence-electron chi connectivity index (χ2n) is 9.90. The van der Waals surface area contributed by atoms with E-state index in [4.69, 9.17) is 34.8 Å². The highest BCUT2D eigenvalue weighted by Crippen LogP contribution is 2.65. The van der Waals surface area contributed by atoms with Gasteiger partial charge in [-0.15, -0.1) is 23.2 Å². The molecule has 3 aromatic rings. The molecule has 2 atom stereocenters. The molecule has 1 aliphatic rings. The van der Waals surface area contributed by atoms with Crippen molar-refractivity contribution >= 4 is 69.6 Å². The van der Waals surface area contributed by atoms with Crippen LogP contribution in [0.1, 0.15) is 28.2 Å². The number of carbonyl (C=O) groups is 3. The van der Waals surface area contributed by atoms with Crippen LogP contribution in [0.15, 0.2) is 42.5 Å². The predicted octanol–water partition coefficient (Wildman–Crippen LogP) is 8.00. The quantitative estimate of drug-likeness (QED) is 0.164. The van der Waals surface area contributed by atoms with Crippen LogP contribution in [0.3, 0.4) is 0 Å². The Morgan fingerprint density at radius 2 is 1.53 bits per heavy atom. The molecule has 3 amide bonds. The van der Waals surface area contributed by atoms with E-state index >= 15 is 0 Å². The third-order valence-electron chi connectivity index (χ3n) is 6.81. The summed E-state index contributed by atoms with van der Waals surface area (Å²) in [6, 6.07) is 6.62. The maximum absolute atomic E-state index is 14.6. The van der Waals surface area contributed by atoms with Gasteiger partial charge in [-0.3, -0.25) is 14.4 Å². The van der Waals surface area contributed by atoms with Crippen LogP contribution in [-0.4, -0.2) is 28.5 Å². The molecule has 240 valence electrons. The van der Waals surface area contributed by atoms with Crippen molar-refractivity contribution in [2.24, 2.45) is 5.92 Å². The van der Waals surface area contributed by atoms with E-state index in [-0.39, 0.29) is 21.8 Å². The summed E-state index contributed by atoms with van der Waals surface area (Å²) in [5.74, 6) is -10.1. The lowest BCUT2D eigenvalue weighted by molar-refractivity contribution is -0.140. The number of hydrogen-bond donors (Lipinski definition) is 3. The van der Waals surface area contributed by atoms with Gasteiger partial charge < -0.3 is 16.0 Å². The van der Waals surface area contributed by atoms with Gasteiger partial charge >= 0.3 is 12.6 Å². The van der Waals surface area contributed by atoms with Gasteiger partial charge in [-0.25, -0.2) is 13.2 Å². The average molecular weight is 703 g/mol. The van der Waals surface area contributed by atoms with E-state index in [2.05, 4.69) is 10.6 Å². The monoisotopic (exact) mass is 701 g/mol. The number of amides is 3. The van der Waals surface area contributed by atoms with E-state index in [1.165, 1.54) is 18.2 Å². The molecular formula is C28H18Cl3F8N3O3. The predicted molar refractivity (Wildman–Crippen MR) is 150 cm³/mol. The minimum absolute atomic E-state index is 0.0168. The third-order valence-corrected chi connectivity index (χ3v) is 8.11. The fourth-order valence-corrected chi connectivity index (χ4v) is 5.55. The van der Waals surface area contributed by atoms with Gasteiger partial charge in [-0.1, -0.05) is 17.7 Å². The second-order valence-corrected chi connectivity index (χ2v) is 11.8. The highest BCUT2D eigenvalue weighted by Gasteiger charge is 2.67. The molecule has 17 heteroatoms. The first-order valence-electron chi connectivity index (χ1n) is 12.5. The lowest BCUT2D eigenvalue weighted by Crippen LogP contribution is -2.22. The van der Waals surface area contributed by atoms with E-state index in [0.717, 1.165) is 13.0 Å². The molecule has 0 aromatic heterocycles. The smallest absolute Gasteiger partial charge is 0.326 e. The molecule has 1 saturated carbocycles. The Bertz CT molecular complexity index is 1700. The largest absolute Gasteiger partial charge is 0.419 e. The van der Waals surface area contributed by atoms with Gasteiger partial charge in [0.15, 0.2) is 11.6 Å². The Labute approximate surface area is 264 Å². The Morgan fingerprint density at radius 1 is 0.911 bits per heavy atom. The molecule has 0 bridgehead atoms. The van der Waals surface area contributed by atoms with Crippen LogP contribution >= 0.6 is 34.8 Å². The number of hydrogen-bond acceptors (Lipinski definition) is 3. The minimum atomic E-state index is -5.01. The molecule has 0 spiro atoms. The van der Waals surface area contributed by atoms with Crippen molar-refractivity contribution < 1.29 is 49.5 Å². The number of nitrogens with one attached hydrogen (secondary N) is 3. The summed E-state index contributed by atoms with van der Waals surface area (Å²) in [6.07, 6.45) is -9.05. The van der Waals surface area contributed by atoms with Gasteiger partial charge in [0, 0.05) is 22.2 Å². The van der Waals surface area contributed by atoms with Crippen LogP contribution in [0.5, 0.6) is 0 Å².